The third-order valence-electron chi connectivity index (χ3n) is 3.81. The smallest absolute Gasteiger partial charge is 0.112 e. The molecule has 0 saturated carbocycles. The summed E-state index contributed by atoms with van der Waals surface area (Å²) in [5.74, 6) is 1.72. The number of benzene rings is 1. The molecule has 0 spiro atoms. The first-order valence-electron chi connectivity index (χ1n) is 6.95. The number of piperidine rings is 1. The van der Waals surface area contributed by atoms with E-state index in [-0.39, 0.29) is 0 Å². The highest BCUT2D eigenvalue weighted by Gasteiger charge is 2.22. The van der Waals surface area contributed by atoms with Crippen molar-refractivity contribution in [2.24, 2.45) is 0 Å². The van der Waals surface area contributed by atoms with Crippen LogP contribution in [0, 0.1) is 0 Å². The lowest BCUT2D eigenvalue weighted by atomic mass is 10.0. The van der Waals surface area contributed by atoms with E-state index in [9.17, 15) is 0 Å². The summed E-state index contributed by atoms with van der Waals surface area (Å²) in [6.07, 6.45) is 2.42. The molecule has 3 nitrogen and oxygen atoms in total. The average molecular weight is 243 g/mol. The predicted octanol–water partition coefficient (Wildman–Crippen LogP) is 3.08. The van der Waals surface area contributed by atoms with E-state index >= 15 is 0 Å². The van der Waals surface area contributed by atoms with Crippen molar-refractivity contribution in [1.29, 1.82) is 0 Å². The fraction of sp³-hybridized carbons (Fsp3) is 0.533. The topological polar surface area (TPSA) is 29.9 Å². The number of rotatable bonds is 2. The van der Waals surface area contributed by atoms with Crippen LogP contribution >= 0.6 is 0 Å². The molecule has 1 aliphatic rings. The minimum absolute atomic E-state index is 0.479. The molecule has 1 aromatic heterocycles. The Morgan fingerprint density at radius 1 is 1.22 bits per heavy atom. The molecule has 2 aromatic rings. The molecule has 3 rings (SSSR count). The molecular weight excluding hydrogens is 222 g/mol. The molecular formula is C15H21N3. The molecule has 0 bridgehead atoms. The molecule has 0 radical (unpaired) electrons. The van der Waals surface area contributed by atoms with Gasteiger partial charge in [0.05, 0.1) is 11.0 Å². The summed E-state index contributed by atoms with van der Waals surface area (Å²) >= 11 is 0. The Hall–Kier alpha value is -1.35. The number of aromatic nitrogens is 2. The third-order valence-corrected chi connectivity index (χ3v) is 3.81. The Morgan fingerprint density at radius 3 is 2.67 bits per heavy atom. The summed E-state index contributed by atoms with van der Waals surface area (Å²) in [6.45, 7) is 6.71. The summed E-state index contributed by atoms with van der Waals surface area (Å²) in [4.78, 5) is 4.83. The zero-order valence-electron chi connectivity index (χ0n) is 11.2. The van der Waals surface area contributed by atoms with Crippen molar-refractivity contribution < 1.29 is 0 Å². The molecule has 2 heterocycles. The molecule has 0 aliphatic carbocycles. The van der Waals surface area contributed by atoms with Crippen LogP contribution in [0.4, 0.5) is 0 Å². The predicted molar refractivity (Wildman–Crippen MR) is 75.0 cm³/mol. The maximum absolute atomic E-state index is 4.83. The van der Waals surface area contributed by atoms with E-state index < -0.39 is 0 Å². The van der Waals surface area contributed by atoms with Crippen LogP contribution in [0.1, 0.15) is 44.5 Å². The first kappa shape index (κ1) is 11.7. The zero-order chi connectivity index (χ0) is 12.5. The van der Waals surface area contributed by atoms with E-state index in [1.807, 2.05) is 0 Å². The van der Waals surface area contributed by atoms with Crippen LogP contribution in [0.2, 0.25) is 0 Å². The van der Waals surface area contributed by atoms with E-state index in [0.717, 1.165) is 18.6 Å². The second-order valence-electron chi connectivity index (χ2n) is 5.46. The van der Waals surface area contributed by atoms with E-state index in [2.05, 4.69) is 48.0 Å². The highest BCUT2D eigenvalue weighted by Crippen LogP contribution is 2.29. The molecule has 96 valence electrons. The molecule has 1 aromatic carbocycles. The normalized spacial score (nSPS) is 17.7. The highest BCUT2D eigenvalue weighted by molar-refractivity contribution is 5.76. The Kier molecular flexibility index (Phi) is 3.08. The average Bonchev–Trinajstić information content (AvgIpc) is 2.79. The van der Waals surface area contributed by atoms with E-state index in [4.69, 9.17) is 4.98 Å². The summed E-state index contributed by atoms with van der Waals surface area (Å²) < 4.78 is 2.49. The SMILES string of the molecule is CC(C)c1nc2ccccc2n1C1CCNCC1. The van der Waals surface area contributed by atoms with E-state index in [1.54, 1.807) is 0 Å². The highest BCUT2D eigenvalue weighted by atomic mass is 15.1. The fourth-order valence-electron chi connectivity index (χ4n) is 2.92. The van der Waals surface area contributed by atoms with Crippen LogP contribution in [-0.2, 0) is 0 Å². The second kappa shape index (κ2) is 4.73. The van der Waals surface area contributed by atoms with Gasteiger partial charge in [0.15, 0.2) is 0 Å². The lowest BCUT2D eigenvalue weighted by Crippen LogP contribution is -2.30. The standard InChI is InChI=1S/C15H21N3/c1-11(2)15-17-13-5-3-4-6-14(13)18(15)12-7-9-16-10-8-12/h3-6,11-12,16H,7-10H2,1-2H3. The number of fused-ring (bicyclic) bond motifs is 1. The fourth-order valence-corrected chi connectivity index (χ4v) is 2.92. The first-order valence-corrected chi connectivity index (χ1v) is 6.95. The van der Waals surface area contributed by atoms with Gasteiger partial charge < -0.3 is 9.88 Å². The van der Waals surface area contributed by atoms with Gasteiger partial charge >= 0.3 is 0 Å². The molecule has 1 N–H and O–H groups in total. The van der Waals surface area contributed by atoms with Gasteiger partial charge in [0.2, 0.25) is 0 Å². The monoisotopic (exact) mass is 243 g/mol. The van der Waals surface area contributed by atoms with Crippen LogP contribution < -0.4 is 5.32 Å². The number of imidazole rings is 1. The lowest BCUT2D eigenvalue weighted by molar-refractivity contribution is 0.364. The summed E-state index contributed by atoms with van der Waals surface area (Å²) in [5.41, 5.74) is 2.44. The Bertz CT molecular complexity index is 536. The molecule has 1 fully saturated rings. The van der Waals surface area contributed by atoms with Gasteiger partial charge in [-0.3, -0.25) is 0 Å². The van der Waals surface area contributed by atoms with Gasteiger partial charge in [-0.05, 0) is 38.1 Å². The summed E-state index contributed by atoms with van der Waals surface area (Å²) in [5, 5.41) is 3.44. The quantitative estimate of drug-likeness (QED) is 0.878. The van der Waals surface area contributed by atoms with Gasteiger partial charge in [-0.1, -0.05) is 26.0 Å². The lowest BCUT2D eigenvalue weighted by Gasteiger charge is -2.27. The molecule has 0 atom stereocenters. The van der Waals surface area contributed by atoms with Gasteiger partial charge in [-0.15, -0.1) is 0 Å². The molecule has 0 unspecified atom stereocenters. The van der Waals surface area contributed by atoms with Crippen LogP contribution in [0.15, 0.2) is 24.3 Å². The van der Waals surface area contributed by atoms with Crippen molar-refractivity contribution in [3.8, 4) is 0 Å². The van der Waals surface area contributed by atoms with Gasteiger partial charge in [0.1, 0.15) is 5.82 Å². The van der Waals surface area contributed by atoms with Gasteiger partial charge in [-0.25, -0.2) is 4.98 Å². The Morgan fingerprint density at radius 2 is 1.94 bits per heavy atom. The van der Waals surface area contributed by atoms with Crippen molar-refractivity contribution in [2.45, 2.75) is 38.6 Å². The van der Waals surface area contributed by atoms with Crippen molar-refractivity contribution in [3.05, 3.63) is 30.1 Å². The first-order chi connectivity index (χ1) is 8.77. The molecule has 1 saturated heterocycles. The van der Waals surface area contributed by atoms with Crippen molar-refractivity contribution in [2.75, 3.05) is 13.1 Å². The Balaban J connectivity index is 2.14. The number of para-hydroxylation sites is 2. The largest absolute Gasteiger partial charge is 0.325 e. The summed E-state index contributed by atoms with van der Waals surface area (Å²) in [6, 6.07) is 9.13. The number of nitrogens with one attached hydrogen (secondary N) is 1. The Labute approximate surface area is 108 Å². The van der Waals surface area contributed by atoms with Gasteiger partial charge in [0, 0.05) is 12.0 Å². The number of nitrogens with zero attached hydrogens (tertiary/aromatic N) is 2. The van der Waals surface area contributed by atoms with Gasteiger partial charge in [0.25, 0.3) is 0 Å². The van der Waals surface area contributed by atoms with Crippen LogP contribution in [0.3, 0.4) is 0 Å². The van der Waals surface area contributed by atoms with E-state index in [0.29, 0.717) is 12.0 Å². The van der Waals surface area contributed by atoms with Gasteiger partial charge in [-0.2, -0.15) is 0 Å². The number of hydrogen-bond donors (Lipinski definition) is 1. The van der Waals surface area contributed by atoms with Crippen molar-refractivity contribution in [1.82, 2.24) is 14.9 Å². The van der Waals surface area contributed by atoms with Crippen molar-refractivity contribution >= 4 is 11.0 Å². The van der Waals surface area contributed by atoms with Crippen molar-refractivity contribution in [3.63, 3.8) is 0 Å². The van der Waals surface area contributed by atoms with Crippen LogP contribution in [0.25, 0.3) is 11.0 Å². The minimum atomic E-state index is 0.479. The minimum Gasteiger partial charge on any atom is -0.325 e. The molecule has 3 heteroatoms. The van der Waals surface area contributed by atoms with Crippen LogP contribution in [-0.4, -0.2) is 22.6 Å². The van der Waals surface area contributed by atoms with E-state index in [1.165, 1.54) is 24.2 Å². The third kappa shape index (κ3) is 1.93. The molecule has 1 aliphatic heterocycles. The number of hydrogen-bond acceptors (Lipinski definition) is 2. The molecule has 0 amide bonds. The molecule has 18 heavy (non-hydrogen) atoms. The summed E-state index contributed by atoms with van der Waals surface area (Å²) in [7, 11) is 0. The van der Waals surface area contributed by atoms with Crippen LogP contribution in [0.5, 0.6) is 0 Å². The second-order valence-corrected chi connectivity index (χ2v) is 5.46. The maximum atomic E-state index is 4.83. The maximum Gasteiger partial charge on any atom is 0.112 e. The zero-order valence-corrected chi connectivity index (χ0v) is 11.2.